The molecule has 2 aromatic carbocycles. The summed E-state index contributed by atoms with van der Waals surface area (Å²) in [4.78, 5) is 54.7. The second-order valence-corrected chi connectivity index (χ2v) is 12.6. The number of carbonyl (C=O) groups is 4. The fourth-order valence-corrected chi connectivity index (χ4v) is 5.93. The van der Waals surface area contributed by atoms with Crippen LogP contribution in [0.15, 0.2) is 73.1 Å². The first-order valence-corrected chi connectivity index (χ1v) is 16.5. The highest BCUT2D eigenvalue weighted by Gasteiger charge is 2.45. The fraction of sp³-hybridized carbons (Fsp3) is 0.500. The van der Waals surface area contributed by atoms with Crippen LogP contribution in [0.25, 0.3) is 0 Å². The van der Waals surface area contributed by atoms with Gasteiger partial charge in [-0.25, -0.2) is 0 Å². The minimum atomic E-state index is -1.18. The van der Waals surface area contributed by atoms with Crippen LogP contribution in [0.2, 0.25) is 0 Å². The van der Waals surface area contributed by atoms with E-state index >= 15 is 0 Å². The molecule has 0 aliphatic heterocycles. The van der Waals surface area contributed by atoms with Crippen LogP contribution in [0.3, 0.4) is 0 Å². The second-order valence-electron chi connectivity index (χ2n) is 12.6. The SMILES string of the molecule is C=C(N)NCCC[C@@H](NC(=O)C(CC)(CC)NC(=O)C(C)C)C(=O)NC1(C(=O)NC(c2ccccc2)c2ccccc2)CCCC1. The van der Waals surface area contributed by atoms with Crippen LogP contribution in [0.1, 0.15) is 96.2 Å². The lowest BCUT2D eigenvalue weighted by molar-refractivity contribution is -0.139. The molecule has 0 radical (unpaired) electrons. The van der Waals surface area contributed by atoms with Gasteiger partial charge in [-0.05, 0) is 49.7 Å². The van der Waals surface area contributed by atoms with E-state index in [1.807, 2.05) is 74.5 Å². The minimum Gasteiger partial charge on any atom is -0.386 e. The van der Waals surface area contributed by atoms with E-state index in [1.54, 1.807) is 13.8 Å². The molecule has 7 N–H and O–H groups in total. The van der Waals surface area contributed by atoms with Crippen LogP contribution < -0.4 is 32.3 Å². The van der Waals surface area contributed by atoms with Crippen LogP contribution >= 0.6 is 0 Å². The number of rotatable bonds is 17. The molecule has 250 valence electrons. The van der Waals surface area contributed by atoms with Crippen molar-refractivity contribution in [3.8, 4) is 0 Å². The summed E-state index contributed by atoms with van der Waals surface area (Å²) in [6.45, 7) is 11.3. The first kappa shape index (κ1) is 36.1. The molecule has 0 unspecified atom stereocenters. The van der Waals surface area contributed by atoms with Crippen molar-refractivity contribution in [2.45, 2.75) is 102 Å². The zero-order valence-electron chi connectivity index (χ0n) is 27.8. The number of amides is 4. The maximum Gasteiger partial charge on any atom is 0.246 e. The molecule has 1 aliphatic rings. The maximum absolute atomic E-state index is 14.2. The van der Waals surface area contributed by atoms with Gasteiger partial charge in [0.1, 0.15) is 17.1 Å². The summed E-state index contributed by atoms with van der Waals surface area (Å²) in [5.74, 6) is -1.37. The zero-order chi connectivity index (χ0) is 33.7. The van der Waals surface area contributed by atoms with Crippen molar-refractivity contribution in [1.29, 1.82) is 0 Å². The topological polar surface area (TPSA) is 154 Å². The number of hydrogen-bond donors (Lipinski definition) is 6. The summed E-state index contributed by atoms with van der Waals surface area (Å²) in [5, 5.41) is 15.1. The number of benzene rings is 2. The Labute approximate surface area is 273 Å². The normalized spacial score (nSPS) is 14.7. The van der Waals surface area contributed by atoms with E-state index in [4.69, 9.17) is 5.73 Å². The standard InChI is InChI=1S/C36H52N6O4/c1-6-35(7-2,41-31(43)25(3)4)33(45)39-29(21-16-24-38-26(5)37)32(44)42-36(22-14-15-23-36)34(46)40-30(27-17-10-8-11-18-27)28-19-12-9-13-20-28/h8-13,17-20,25,29-30,38H,5-7,14-16,21-24,37H2,1-4H3,(H,39,45)(H,40,46)(H,41,43)(H,42,44)/t29-/m1/s1. The monoisotopic (exact) mass is 632 g/mol. The molecule has 1 atom stereocenters. The predicted molar refractivity (Wildman–Crippen MR) is 181 cm³/mol. The molecule has 0 heterocycles. The van der Waals surface area contributed by atoms with Crippen molar-refractivity contribution < 1.29 is 19.2 Å². The summed E-state index contributed by atoms with van der Waals surface area (Å²) in [6, 6.07) is 18.1. The van der Waals surface area contributed by atoms with Gasteiger partial charge in [0.2, 0.25) is 23.6 Å². The summed E-state index contributed by atoms with van der Waals surface area (Å²) < 4.78 is 0. The Morgan fingerprint density at radius 1 is 0.870 bits per heavy atom. The Bertz CT molecular complexity index is 1280. The molecule has 2 aromatic rings. The number of nitrogens with two attached hydrogens (primary N) is 1. The largest absolute Gasteiger partial charge is 0.386 e. The third kappa shape index (κ3) is 9.34. The van der Waals surface area contributed by atoms with Crippen LogP contribution in [-0.4, -0.2) is 47.3 Å². The smallest absolute Gasteiger partial charge is 0.246 e. The molecule has 0 aromatic heterocycles. The molecule has 0 saturated heterocycles. The van der Waals surface area contributed by atoms with Gasteiger partial charge in [0.15, 0.2) is 0 Å². The number of nitrogens with one attached hydrogen (secondary N) is 5. The molecule has 4 amide bonds. The Hall–Kier alpha value is -4.34. The van der Waals surface area contributed by atoms with Gasteiger partial charge in [-0.2, -0.15) is 0 Å². The van der Waals surface area contributed by atoms with E-state index in [9.17, 15) is 19.2 Å². The highest BCUT2D eigenvalue weighted by molar-refractivity contribution is 5.97. The van der Waals surface area contributed by atoms with Crippen molar-refractivity contribution in [2.75, 3.05) is 6.54 Å². The average Bonchev–Trinajstić information content (AvgIpc) is 3.53. The fourth-order valence-electron chi connectivity index (χ4n) is 5.93. The van der Waals surface area contributed by atoms with Crippen LogP contribution in [0.4, 0.5) is 0 Å². The summed E-state index contributed by atoms with van der Waals surface area (Å²) in [6.07, 6.45) is 4.01. The van der Waals surface area contributed by atoms with Gasteiger partial charge < -0.3 is 32.3 Å². The summed E-state index contributed by atoms with van der Waals surface area (Å²) >= 11 is 0. The molecule has 0 spiro atoms. The minimum absolute atomic E-state index is 0.238. The molecule has 3 rings (SSSR count). The third-order valence-electron chi connectivity index (χ3n) is 8.97. The third-order valence-corrected chi connectivity index (χ3v) is 8.97. The van der Waals surface area contributed by atoms with E-state index in [1.165, 1.54) is 0 Å². The molecule has 46 heavy (non-hydrogen) atoms. The zero-order valence-corrected chi connectivity index (χ0v) is 27.8. The van der Waals surface area contributed by atoms with E-state index in [-0.39, 0.29) is 24.2 Å². The quantitative estimate of drug-likeness (QED) is 0.145. The Morgan fingerprint density at radius 3 is 1.89 bits per heavy atom. The van der Waals surface area contributed by atoms with Gasteiger partial charge in [0.05, 0.1) is 11.9 Å². The average molecular weight is 633 g/mol. The van der Waals surface area contributed by atoms with Crippen LogP contribution in [-0.2, 0) is 19.2 Å². The van der Waals surface area contributed by atoms with Crippen molar-refractivity contribution >= 4 is 23.6 Å². The van der Waals surface area contributed by atoms with E-state index < -0.39 is 35.0 Å². The first-order chi connectivity index (χ1) is 22.0. The van der Waals surface area contributed by atoms with Crippen molar-refractivity contribution in [2.24, 2.45) is 11.7 Å². The maximum atomic E-state index is 14.2. The second kappa shape index (κ2) is 16.8. The van der Waals surface area contributed by atoms with Gasteiger partial charge in [0.25, 0.3) is 0 Å². The summed E-state index contributed by atoms with van der Waals surface area (Å²) in [7, 11) is 0. The van der Waals surface area contributed by atoms with Gasteiger partial charge in [-0.1, -0.05) is 108 Å². The van der Waals surface area contributed by atoms with Gasteiger partial charge >= 0.3 is 0 Å². The number of carbonyl (C=O) groups excluding carboxylic acids is 4. The van der Waals surface area contributed by atoms with Crippen molar-refractivity contribution in [3.63, 3.8) is 0 Å². The Balaban J connectivity index is 1.87. The molecule has 1 fully saturated rings. The Kier molecular flexibility index (Phi) is 13.2. The molecular weight excluding hydrogens is 580 g/mol. The lowest BCUT2D eigenvalue weighted by Gasteiger charge is -2.36. The van der Waals surface area contributed by atoms with E-state index in [0.29, 0.717) is 44.5 Å². The highest BCUT2D eigenvalue weighted by atomic mass is 16.2. The van der Waals surface area contributed by atoms with Crippen molar-refractivity contribution in [1.82, 2.24) is 26.6 Å². The predicted octanol–water partition coefficient (Wildman–Crippen LogP) is 3.94. The number of hydrogen-bond acceptors (Lipinski definition) is 6. The lowest BCUT2D eigenvalue weighted by atomic mass is 9.89. The van der Waals surface area contributed by atoms with Crippen LogP contribution in [0.5, 0.6) is 0 Å². The van der Waals surface area contributed by atoms with Crippen LogP contribution in [0, 0.1) is 5.92 Å². The molecular formula is C36H52N6O4. The van der Waals surface area contributed by atoms with Gasteiger partial charge in [-0.15, -0.1) is 0 Å². The molecule has 1 saturated carbocycles. The first-order valence-electron chi connectivity index (χ1n) is 16.5. The highest BCUT2D eigenvalue weighted by Crippen LogP contribution is 2.32. The molecule has 10 heteroatoms. The lowest BCUT2D eigenvalue weighted by Crippen LogP contribution is -2.64. The van der Waals surface area contributed by atoms with E-state index in [2.05, 4.69) is 33.2 Å². The van der Waals surface area contributed by atoms with Gasteiger partial charge in [0, 0.05) is 12.5 Å². The molecule has 10 nitrogen and oxygen atoms in total. The van der Waals surface area contributed by atoms with Crippen molar-refractivity contribution in [3.05, 3.63) is 84.2 Å². The Morgan fingerprint density at radius 2 is 1.41 bits per heavy atom. The van der Waals surface area contributed by atoms with Gasteiger partial charge in [-0.3, -0.25) is 19.2 Å². The summed E-state index contributed by atoms with van der Waals surface area (Å²) in [5.41, 5.74) is 5.21. The van der Waals surface area contributed by atoms with E-state index in [0.717, 1.165) is 24.0 Å². The molecule has 1 aliphatic carbocycles. The molecule has 0 bridgehead atoms.